The molecular weight excluding hydrogens is 486 g/mol. The Kier molecular flexibility index (Phi) is 15.5. The molecule has 0 fully saturated rings. The van der Waals surface area contributed by atoms with Crippen LogP contribution in [-0.2, 0) is 24.0 Å². The van der Waals surface area contributed by atoms with Crippen molar-refractivity contribution in [1.82, 2.24) is 16.0 Å². The third-order valence-corrected chi connectivity index (χ3v) is 5.25. The standard InChI is InChI=1S/C23H43N7O7/c1-12(2)10-16(29-19(33)14(24)7-8-18(31)32)21(35)30-17(11-13(3)4)20(34)28-15(22(36)37)6-5-9-27-23(25)26/h12-17H,5-11,24H2,1-4H3,(H,28,34)(H,29,33)(H,30,35)(H,31,32)(H,36,37)(H4,25,26,27). The summed E-state index contributed by atoms with van der Waals surface area (Å²) in [5.41, 5.74) is 16.3. The molecule has 0 aromatic carbocycles. The van der Waals surface area contributed by atoms with Crippen LogP contribution < -0.4 is 33.2 Å². The minimum atomic E-state index is -1.24. The number of rotatable bonds is 18. The van der Waals surface area contributed by atoms with Crippen molar-refractivity contribution >= 4 is 35.6 Å². The van der Waals surface area contributed by atoms with E-state index in [9.17, 15) is 29.1 Å². The number of nitrogens with one attached hydrogen (secondary N) is 3. The van der Waals surface area contributed by atoms with E-state index in [2.05, 4.69) is 20.9 Å². The normalized spacial score (nSPS) is 14.2. The zero-order valence-corrected chi connectivity index (χ0v) is 22.0. The van der Waals surface area contributed by atoms with Gasteiger partial charge in [-0.15, -0.1) is 0 Å². The maximum atomic E-state index is 13.1. The average molecular weight is 530 g/mol. The molecule has 212 valence electrons. The molecule has 14 heteroatoms. The Hall–Kier alpha value is -3.42. The van der Waals surface area contributed by atoms with Gasteiger partial charge in [-0.3, -0.25) is 24.2 Å². The van der Waals surface area contributed by atoms with Crippen molar-refractivity contribution in [2.24, 2.45) is 34.0 Å². The second-order valence-corrected chi connectivity index (χ2v) is 9.77. The van der Waals surface area contributed by atoms with Crippen LogP contribution in [0.5, 0.6) is 0 Å². The van der Waals surface area contributed by atoms with Gasteiger partial charge >= 0.3 is 11.9 Å². The summed E-state index contributed by atoms with van der Waals surface area (Å²) in [5.74, 6) is -4.49. The molecule has 0 aromatic rings. The van der Waals surface area contributed by atoms with Crippen LogP contribution in [-0.4, -0.2) is 76.5 Å². The highest BCUT2D eigenvalue weighted by molar-refractivity contribution is 5.94. The average Bonchev–Trinajstić information content (AvgIpc) is 2.77. The first-order chi connectivity index (χ1) is 17.1. The van der Waals surface area contributed by atoms with E-state index < -0.39 is 53.8 Å². The lowest BCUT2D eigenvalue weighted by atomic mass is 9.99. The van der Waals surface area contributed by atoms with Gasteiger partial charge in [-0.25, -0.2) is 4.79 Å². The van der Waals surface area contributed by atoms with Crippen molar-refractivity contribution in [3.05, 3.63) is 0 Å². The summed E-state index contributed by atoms with van der Waals surface area (Å²) in [6, 6.07) is -4.42. The Bertz CT molecular complexity index is 813. The van der Waals surface area contributed by atoms with Gasteiger partial charge in [-0.05, 0) is 43.9 Å². The van der Waals surface area contributed by atoms with Crippen molar-refractivity contribution in [3.8, 4) is 0 Å². The highest BCUT2D eigenvalue weighted by atomic mass is 16.4. The van der Waals surface area contributed by atoms with Gasteiger partial charge in [-0.1, -0.05) is 27.7 Å². The van der Waals surface area contributed by atoms with E-state index in [0.717, 1.165) is 0 Å². The summed E-state index contributed by atoms with van der Waals surface area (Å²) in [6.45, 7) is 7.56. The summed E-state index contributed by atoms with van der Waals surface area (Å²) in [4.78, 5) is 64.7. The van der Waals surface area contributed by atoms with Crippen LogP contribution in [0.2, 0.25) is 0 Å². The topological polar surface area (TPSA) is 252 Å². The second-order valence-electron chi connectivity index (χ2n) is 9.77. The molecule has 37 heavy (non-hydrogen) atoms. The number of guanidine groups is 1. The highest BCUT2D eigenvalue weighted by Crippen LogP contribution is 2.10. The van der Waals surface area contributed by atoms with Crippen LogP contribution in [0, 0.1) is 11.8 Å². The van der Waals surface area contributed by atoms with Crippen LogP contribution >= 0.6 is 0 Å². The van der Waals surface area contributed by atoms with Gasteiger partial charge < -0.3 is 43.4 Å². The summed E-state index contributed by atoms with van der Waals surface area (Å²) in [7, 11) is 0. The molecule has 0 heterocycles. The molecule has 11 N–H and O–H groups in total. The van der Waals surface area contributed by atoms with E-state index in [1.165, 1.54) is 0 Å². The van der Waals surface area contributed by atoms with E-state index in [0.29, 0.717) is 6.42 Å². The number of hydrogen-bond donors (Lipinski definition) is 8. The van der Waals surface area contributed by atoms with Crippen molar-refractivity contribution < 1.29 is 34.2 Å². The van der Waals surface area contributed by atoms with E-state index in [1.807, 2.05) is 27.7 Å². The third-order valence-electron chi connectivity index (χ3n) is 5.25. The van der Waals surface area contributed by atoms with Crippen LogP contribution in [0.1, 0.15) is 66.2 Å². The lowest BCUT2D eigenvalue weighted by Gasteiger charge is -2.26. The Balaban J connectivity index is 5.46. The molecule has 4 unspecified atom stereocenters. The minimum Gasteiger partial charge on any atom is -0.481 e. The van der Waals surface area contributed by atoms with Gasteiger partial charge in [0.1, 0.15) is 18.1 Å². The largest absolute Gasteiger partial charge is 0.481 e. The molecule has 0 spiro atoms. The number of carbonyl (C=O) groups is 5. The summed E-state index contributed by atoms with van der Waals surface area (Å²) >= 11 is 0. The number of aliphatic carboxylic acids is 2. The minimum absolute atomic E-state index is 0.00900. The van der Waals surface area contributed by atoms with Gasteiger partial charge in [0.25, 0.3) is 0 Å². The van der Waals surface area contributed by atoms with E-state index in [4.69, 9.17) is 22.3 Å². The molecule has 0 saturated heterocycles. The zero-order valence-electron chi connectivity index (χ0n) is 22.0. The van der Waals surface area contributed by atoms with Gasteiger partial charge in [0.05, 0.1) is 6.04 Å². The molecule has 0 radical (unpaired) electrons. The molecule has 0 rings (SSSR count). The van der Waals surface area contributed by atoms with E-state index in [1.54, 1.807) is 0 Å². The molecule has 0 aliphatic carbocycles. The van der Waals surface area contributed by atoms with E-state index in [-0.39, 0.29) is 56.4 Å². The fourth-order valence-corrected chi connectivity index (χ4v) is 3.40. The molecule has 0 aromatic heterocycles. The Labute approximate surface area is 217 Å². The third kappa shape index (κ3) is 15.3. The molecule has 0 bridgehead atoms. The van der Waals surface area contributed by atoms with Gasteiger partial charge in [-0.2, -0.15) is 0 Å². The number of nitrogens with zero attached hydrogens (tertiary/aromatic N) is 1. The number of carboxylic acid groups (broad SMARTS) is 2. The predicted octanol–water partition coefficient (Wildman–Crippen LogP) is -1.14. The van der Waals surface area contributed by atoms with Crippen LogP contribution in [0.3, 0.4) is 0 Å². The number of hydrogen-bond acceptors (Lipinski definition) is 7. The van der Waals surface area contributed by atoms with Gasteiger partial charge in [0.15, 0.2) is 5.96 Å². The summed E-state index contributed by atoms with van der Waals surface area (Å²) in [6.07, 6.45) is 0.430. The molecule has 4 atom stereocenters. The zero-order chi connectivity index (χ0) is 28.7. The van der Waals surface area contributed by atoms with Crippen LogP contribution in [0.15, 0.2) is 4.99 Å². The van der Waals surface area contributed by atoms with Crippen molar-refractivity contribution in [2.45, 2.75) is 90.4 Å². The molecule has 14 nitrogen and oxygen atoms in total. The van der Waals surface area contributed by atoms with Crippen molar-refractivity contribution in [1.29, 1.82) is 0 Å². The summed E-state index contributed by atoms with van der Waals surface area (Å²) in [5, 5.41) is 25.9. The molecule has 0 aliphatic heterocycles. The van der Waals surface area contributed by atoms with Crippen molar-refractivity contribution in [3.63, 3.8) is 0 Å². The fourth-order valence-electron chi connectivity index (χ4n) is 3.40. The number of amides is 3. The van der Waals surface area contributed by atoms with Crippen LogP contribution in [0.4, 0.5) is 0 Å². The highest BCUT2D eigenvalue weighted by Gasteiger charge is 2.31. The predicted molar refractivity (Wildman–Crippen MR) is 137 cm³/mol. The number of nitrogens with two attached hydrogens (primary N) is 3. The molecular formula is C23H43N7O7. The number of carboxylic acids is 2. The Morgan fingerprint density at radius 3 is 1.62 bits per heavy atom. The first-order valence-electron chi connectivity index (χ1n) is 12.3. The maximum Gasteiger partial charge on any atom is 0.326 e. The lowest BCUT2D eigenvalue weighted by molar-refractivity contribution is -0.142. The second kappa shape index (κ2) is 17.1. The maximum absolute atomic E-state index is 13.1. The first kappa shape index (κ1) is 33.6. The van der Waals surface area contributed by atoms with Gasteiger partial charge in [0, 0.05) is 13.0 Å². The Morgan fingerprint density at radius 1 is 0.757 bits per heavy atom. The monoisotopic (exact) mass is 529 g/mol. The Morgan fingerprint density at radius 2 is 1.22 bits per heavy atom. The lowest BCUT2D eigenvalue weighted by Crippen LogP contribution is -2.57. The first-order valence-corrected chi connectivity index (χ1v) is 12.3. The molecule has 0 saturated carbocycles. The van der Waals surface area contributed by atoms with Crippen molar-refractivity contribution in [2.75, 3.05) is 6.54 Å². The van der Waals surface area contributed by atoms with E-state index >= 15 is 0 Å². The SMILES string of the molecule is CC(C)CC(NC(=O)C(N)CCC(=O)O)C(=O)NC(CC(C)C)C(=O)NC(CCCN=C(N)N)C(=O)O. The smallest absolute Gasteiger partial charge is 0.326 e. The molecule has 3 amide bonds. The fraction of sp³-hybridized carbons (Fsp3) is 0.739. The number of aliphatic imine (C=N–C) groups is 1. The quantitative estimate of drug-likeness (QED) is 0.0601. The van der Waals surface area contributed by atoms with Crippen LogP contribution in [0.25, 0.3) is 0 Å². The number of carbonyl (C=O) groups excluding carboxylic acids is 3. The summed E-state index contributed by atoms with van der Waals surface area (Å²) < 4.78 is 0. The molecule has 0 aliphatic rings. The van der Waals surface area contributed by atoms with Gasteiger partial charge in [0.2, 0.25) is 17.7 Å².